The quantitative estimate of drug-likeness (QED) is 0.903. The van der Waals surface area contributed by atoms with E-state index in [1.165, 1.54) is 11.8 Å². The first-order valence-corrected chi connectivity index (χ1v) is 9.70. The summed E-state index contributed by atoms with van der Waals surface area (Å²) < 4.78 is 25.6. The van der Waals surface area contributed by atoms with Gasteiger partial charge < -0.3 is 5.32 Å². The van der Waals surface area contributed by atoms with Gasteiger partial charge >= 0.3 is 0 Å². The normalized spacial score (nSPS) is 25.0. The second kappa shape index (κ2) is 6.48. The molecule has 0 radical (unpaired) electrons. The molecule has 0 spiro atoms. The molecule has 0 saturated heterocycles. The van der Waals surface area contributed by atoms with E-state index in [1.54, 1.807) is 0 Å². The third-order valence-electron chi connectivity index (χ3n) is 4.55. The Labute approximate surface area is 128 Å². The van der Waals surface area contributed by atoms with Crippen LogP contribution in [0.1, 0.15) is 49.9 Å². The second-order valence-electron chi connectivity index (χ2n) is 6.26. The first-order chi connectivity index (χ1) is 9.82. The van der Waals surface area contributed by atoms with Crippen LogP contribution < -0.4 is 5.32 Å². The van der Waals surface area contributed by atoms with Crippen LogP contribution in [0.4, 0.5) is 0 Å². The van der Waals surface area contributed by atoms with Crippen LogP contribution >= 0.6 is 0 Å². The minimum Gasteiger partial charge on any atom is -0.310 e. The van der Waals surface area contributed by atoms with E-state index >= 15 is 0 Å². The molecule has 1 saturated carbocycles. The Kier molecular flexibility index (Phi) is 5.09. The molecule has 1 heterocycles. The lowest BCUT2D eigenvalue weighted by Crippen LogP contribution is -2.35. The van der Waals surface area contributed by atoms with E-state index < -0.39 is 9.84 Å². The largest absolute Gasteiger partial charge is 0.310 e. The van der Waals surface area contributed by atoms with Crippen LogP contribution in [0.5, 0.6) is 0 Å². The number of aromatic nitrogens is 2. The van der Waals surface area contributed by atoms with Crippen molar-refractivity contribution in [2.75, 3.05) is 12.8 Å². The third-order valence-corrected chi connectivity index (χ3v) is 6.19. The number of hydrogen-bond acceptors (Lipinski definition) is 4. The standard InChI is InChI=1S/C15H27N3O2S/c1-5-16-15(14-10-18(3)17-11(14)2)12-7-6-8-13(9-12)21(4,19)20/h10,12-13,15-16H,5-9H2,1-4H3. The van der Waals surface area contributed by atoms with Crippen molar-refractivity contribution >= 4 is 9.84 Å². The molecule has 120 valence electrons. The average Bonchev–Trinajstić information content (AvgIpc) is 2.74. The maximum atomic E-state index is 11.9. The summed E-state index contributed by atoms with van der Waals surface area (Å²) in [5.41, 5.74) is 2.24. The molecule has 21 heavy (non-hydrogen) atoms. The zero-order valence-electron chi connectivity index (χ0n) is 13.5. The van der Waals surface area contributed by atoms with E-state index in [-0.39, 0.29) is 11.3 Å². The molecule has 6 heteroatoms. The summed E-state index contributed by atoms with van der Waals surface area (Å²) in [4.78, 5) is 0. The van der Waals surface area contributed by atoms with Crippen LogP contribution in [0.25, 0.3) is 0 Å². The van der Waals surface area contributed by atoms with Crippen LogP contribution in [-0.4, -0.2) is 36.2 Å². The molecule has 3 atom stereocenters. The summed E-state index contributed by atoms with van der Waals surface area (Å²) in [6, 6.07) is 0.202. The molecule has 0 aromatic carbocycles. The molecule has 1 aromatic rings. The van der Waals surface area contributed by atoms with Crippen molar-refractivity contribution in [3.05, 3.63) is 17.5 Å². The zero-order chi connectivity index (χ0) is 15.6. The minimum atomic E-state index is -2.94. The van der Waals surface area contributed by atoms with Gasteiger partial charge in [0.15, 0.2) is 0 Å². The van der Waals surface area contributed by atoms with Gasteiger partial charge in [-0.2, -0.15) is 5.10 Å². The van der Waals surface area contributed by atoms with Crippen molar-refractivity contribution in [1.82, 2.24) is 15.1 Å². The van der Waals surface area contributed by atoms with Gasteiger partial charge in [-0.1, -0.05) is 13.3 Å². The molecule has 0 aliphatic heterocycles. The SMILES string of the molecule is CCNC(c1cn(C)nc1C)C1CCCC(S(C)(=O)=O)C1. The minimum absolute atomic E-state index is 0.186. The van der Waals surface area contributed by atoms with E-state index in [0.717, 1.165) is 37.9 Å². The molecule has 0 amide bonds. The van der Waals surface area contributed by atoms with Crippen molar-refractivity contribution in [2.24, 2.45) is 13.0 Å². The summed E-state index contributed by atoms with van der Waals surface area (Å²) in [6.45, 7) is 4.99. The lowest BCUT2D eigenvalue weighted by atomic mass is 9.81. The monoisotopic (exact) mass is 313 g/mol. The highest BCUT2D eigenvalue weighted by atomic mass is 32.2. The number of sulfone groups is 1. The first-order valence-electron chi connectivity index (χ1n) is 7.75. The van der Waals surface area contributed by atoms with Crippen LogP contribution in [0.3, 0.4) is 0 Å². The Balaban J connectivity index is 2.24. The molecule has 1 aliphatic rings. The van der Waals surface area contributed by atoms with E-state index in [0.29, 0.717) is 5.92 Å². The number of nitrogens with zero attached hydrogens (tertiary/aromatic N) is 2. The molecule has 0 bridgehead atoms. The van der Waals surface area contributed by atoms with Crippen LogP contribution in [-0.2, 0) is 16.9 Å². The average molecular weight is 313 g/mol. The number of rotatable bonds is 5. The van der Waals surface area contributed by atoms with Gasteiger partial charge in [0.1, 0.15) is 9.84 Å². The number of nitrogens with one attached hydrogen (secondary N) is 1. The summed E-state index contributed by atoms with van der Waals surface area (Å²) in [5.74, 6) is 0.362. The fourth-order valence-electron chi connectivity index (χ4n) is 3.55. The smallest absolute Gasteiger partial charge is 0.150 e. The van der Waals surface area contributed by atoms with Crippen molar-refractivity contribution in [2.45, 2.75) is 50.8 Å². The molecule has 3 unspecified atom stereocenters. The summed E-state index contributed by atoms with van der Waals surface area (Å²) in [7, 11) is -1.01. The van der Waals surface area contributed by atoms with E-state index in [1.807, 2.05) is 18.7 Å². The van der Waals surface area contributed by atoms with Crippen molar-refractivity contribution in [1.29, 1.82) is 0 Å². The third kappa shape index (κ3) is 3.86. The fourth-order valence-corrected chi connectivity index (χ4v) is 4.74. The fraction of sp³-hybridized carbons (Fsp3) is 0.800. The zero-order valence-corrected chi connectivity index (χ0v) is 14.3. The van der Waals surface area contributed by atoms with Crippen molar-refractivity contribution < 1.29 is 8.42 Å². The van der Waals surface area contributed by atoms with E-state index in [4.69, 9.17) is 0 Å². The van der Waals surface area contributed by atoms with Gasteiger partial charge in [-0.3, -0.25) is 4.68 Å². The molecular weight excluding hydrogens is 286 g/mol. The highest BCUT2D eigenvalue weighted by molar-refractivity contribution is 7.91. The van der Waals surface area contributed by atoms with Crippen molar-refractivity contribution in [3.8, 4) is 0 Å². The van der Waals surface area contributed by atoms with Gasteiger partial charge in [-0.15, -0.1) is 0 Å². The van der Waals surface area contributed by atoms with Gasteiger partial charge in [-0.25, -0.2) is 8.42 Å². The van der Waals surface area contributed by atoms with Crippen LogP contribution in [0, 0.1) is 12.8 Å². The van der Waals surface area contributed by atoms with Gasteiger partial charge in [-0.05, 0) is 38.6 Å². The Morgan fingerprint density at radius 2 is 2.19 bits per heavy atom. The molecule has 1 N–H and O–H groups in total. The highest BCUT2D eigenvalue weighted by Crippen LogP contribution is 2.37. The maximum absolute atomic E-state index is 11.9. The Bertz CT molecular complexity index is 580. The van der Waals surface area contributed by atoms with Gasteiger partial charge in [0.05, 0.1) is 10.9 Å². The summed E-state index contributed by atoms with van der Waals surface area (Å²) in [5, 5.41) is 7.80. The molecule has 1 aliphatic carbocycles. The maximum Gasteiger partial charge on any atom is 0.150 e. The predicted molar refractivity (Wildman–Crippen MR) is 85.0 cm³/mol. The van der Waals surface area contributed by atoms with Crippen molar-refractivity contribution in [3.63, 3.8) is 0 Å². The Morgan fingerprint density at radius 1 is 1.48 bits per heavy atom. The topological polar surface area (TPSA) is 64.0 Å². The van der Waals surface area contributed by atoms with Crippen LogP contribution in [0.2, 0.25) is 0 Å². The predicted octanol–water partition coefficient (Wildman–Crippen LogP) is 1.98. The number of aryl methyl sites for hydroxylation is 2. The Morgan fingerprint density at radius 3 is 2.71 bits per heavy atom. The van der Waals surface area contributed by atoms with Gasteiger partial charge in [0, 0.05) is 31.1 Å². The molecule has 2 rings (SSSR count). The lowest BCUT2D eigenvalue weighted by molar-refractivity contribution is 0.275. The van der Waals surface area contributed by atoms with E-state index in [2.05, 4.69) is 23.5 Å². The summed E-state index contributed by atoms with van der Waals surface area (Å²) in [6.07, 6.45) is 7.07. The van der Waals surface area contributed by atoms with Gasteiger partial charge in [0.2, 0.25) is 0 Å². The lowest BCUT2D eigenvalue weighted by Gasteiger charge is -2.34. The second-order valence-corrected chi connectivity index (χ2v) is 8.58. The molecule has 1 fully saturated rings. The summed E-state index contributed by atoms with van der Waals surface area (Å²) >= 11 is 0. The molecular formula is C15H27N3O2S. The first kappa shape index (κ1) is 16.5. The highest BCUT2D eigenvalue weighted by Gasteiger charge is 2.34. The van der Waals surface area contributed by atoms with Crippen LogP contribution in [0.15, 0.2) is 6.20 Å². The van der Waals surface area contributed by atoms with E-state index in [9.17, 15) is 8.42 Å². The molecule has 5 nitrogen and oxygen atoms in total. The number of hydrogen-bond donors (Lipinski definition) is 1. The van der Waals surface area contributed by atoms with Gasteiger partial charge in [0.25, 0.3) is 0 Å². The Hall–Kier alpha value is -0.880. The molecule has 1 aromatic heterocycles.